The number of fused-ring (bicyclic) bond motifs is 1. The van der Waals surface area contributed by atoms with Crippen molar-refractivity contribution in [1.82, 2.24) is 14.8 Å². The first-order valence-electron chi connectivity index (χ1n) is 6.09. The number of anilines is 1. The van der Waals surface area contributed by atoms with Crippen LogP contribution in [0.25, 0.3) is 0 Å². The minimum atomic E-state index is -4.68. The molecular weight excluding hydrogens is 295 g/mol. The third-order valence-corrected chi connectivity index (χ3v) is 3.20. The standard InChI is InChI=1S/C12H9F5N4/c13-6-1-2-7(8(14)5-6)9-3-4-18-11-19-10(12(15,16)17)20-21(9)11/h1-2,5,9H,3-4H2,(H,18,19,20). The molecule has 1 unspecified atom stereocenters. The molecule has 1 aromatic heterocycles. The average molecular weight is 304 g/mol. The third-order valence-electron chi connectivity index (χ3n) is 3.20. The molecule has 1 aliphatic heterocycles. The third kappa shape index (κ3) is 2.43. The molecule has 2 heterocycles. The number of hydrogen-bond acceptors (Lipinski definition) is 3. The average Bonchev–Trinajstić information content (AvgIpc) is 2.82. The molecule has 0 aliphatic carbocycles. The Bertz CT molecular complexity index is 679. The van der Waals surface area contributed by atoms with Crippen molar-refractivity contribution in [1.29, 1.82) is 0 Å². The van der Waals surface area contributed by atoms with Gasteiger partial charge in [-0.25, -0.2) is 13.5 Å². The zero-order chi connectivity index (χ0) is 15.2. The van der Waals surface area contributed by atoms with Gasteiger partial charge in [-0.3, -0.25) is 0 Å². The zero-order valence-corrected chi connectivity index (χ0v) is 10.5. The van der Waals surface area contributed by atoms with Crippen molar-refractivity contribution in [3.8, 4) is 0 Å². The smallest absolute Gasteiger partial charge is 0.354 e. The molecule has 0 saturated heterocycles. The van der Waals surface area contributed by atoms with E-state index >= 15 is 0 Å². The van der Waals surface area contributed by atoms with E-state index in [0.717, 1.165) is 10.7 Å². The summed E-state index contributed by atoms with van der Waals surface area (Å²) in [5.74, 6) is -2.95. The summed E-state index contributed by atoms with van der Waals surface area (Å²) in [7, 11) is 0. The van der Waals surface area contributed by atoms with Gasteiger partial charge in [-0.05, 0) is 12.5 Å². The molecule has 0 amide bonds. The minimum absolute atomic E-state index is 0.0812. The van der Waals surface area contributed by atoms with E-state index in [0.29, 0.717) is 19.0 Å². The predicted octanol–water partition coefficient (Wildman–Crippen LogP) is 2.98. The van der Waals surface area contributed by atoms with Crippen LogP contribution in [0.3, 0.4) is 0 Å². The van der Waals surface area contributed by atoms with E-state index in [4.69, 9.17) is 0 Å². The van der Waals surface area contributed by atoms with Gasteiger partial charge < -0.3 is 5.32 Å². The fraction of sp³-hybridized carbons (Fsp3) is 0.333. The molecule has 2 aromatic rings. The monoisotopic (exact) mass is 304 g/mol. The van der Waals surface area contributed by atoms with Crippen LogP contribution in [0.15, 0.2) is 18.2 Å². The molecule has 0 bridgehead atoms. The maximum Gasteiger partial charge on any atom is 0.453 e. The lowest BCUT2D eigenvalue weighted by Crippen LogP contribution is -2.25. The summed E-state index contributed by atoms with van der Waals surface area (Å²) in [6, 6.07) is 2.20. The van der Waals surface area contributed by atoms with Crippen LogP contribution in [0.5, 0.6) is 0 Å². The summed E-state index contributed by atoms with van der Waals surface area (Å²) in [4.78, 5) is 3.36. The van der Waals surface area contributed by atoms with Gasteiger partial charge in [-0.2, -0.15) is 18.2 Å². The number of nitrogens with zero attached hydrogens (tertiary/aromatic N) is 3. The number of aromatic nitrogens is 3. The summed E-state index contributed by atoms with van der Waals surface area (Å²) >= 11 is 0. The molecule has 21 heavy (non-hydrogen) atoms. The second-order valence-electron chi connectivity index (χ2n) is 4.60. The van der Waals surface area contributed by atoms with Gasteiger partial charge in [0.25, 0.3) is 5.82 Å². The molecule has 1 aliphatic rings. The van der Waals surface area contributed by atoms with E-state index in [1.165, 1.54) is 6.07 Å². The van der Waals surface area contributed by atoms with Crippen LogP contribution >= 0.6 is 0 Å². The first kappa shape index (κ1) is 13.8. The minimum Gasteiger partial charge on any atom is -0.354 e. The highest BCUT2D eigenvalue weighted by molar-refractivity contribution is 5.33. The van der Waals surface area contributed by atoms with Crippen LogP contribution in [-0.2, 0) is 6.18 Å². The van der Waals surface area contributed by atoms with Gasteiger partial charge in [-0.15, -0.1) is 5.10 Å². The van der Waals surface area contributed by atoms with E-state index in [2.05, 4.69) is 15.4 Å². The van der Waals surface area contributed by atoms with Crippen LogP contribution in [0.4, 0.5) is 27.9 Å². The topological polar surface area (TPSA) is 42.7 Å². The molecule has 1 aromatic carbocycles. The van der Waals surface area contributed by atoms with Gasteiger partial charge in [0.2, 0.25) is 5.95 Å². The highest BCUT2D eigenvalue weighted by Crippen LogP contribution is 2.33. The van der Waals surface area contributed by atoms with Crippen molar-refractivity contribution in [2.24, 2.45) is 0 Å². The van der Waals surface area contributed by atoms with Crippen molar-refractivity contribution < 1.29 is 22.0 Å². The Morgan fingerprint density at radius 3 is 2.67 bits per heavy atom. The van der Waals surface area contributed by atoms with Crippen molar-refractivity contribution >= 4 is 5.95 Å². The quantitative estimate of drug-likeness (QED) is 0.824. The van der Waals surface area contributed by atoms with Crippen molar-refractivity contribution in [3.05, 3.63) is 41.2 Å². The number of alkyl halides is 3. The number of hydrogen-bond donors (Lipinski definition) is 1. The van der Waals surface area contributed by atoms with Crippen LogP contribution in [0.2, 0.25) is 0 Å². The molecule has 0 radical (unpaired) electrons. The molecule has 1 atom stereocenters. The summed E-state index contributed by atoms with van der Waals surface area (Å²) < 4.78 is 65.7. The number of nitrogens with one attached hydrogen (secondary N) is 1. The van der Waals surface area contributed by atoms with Crippen LogP contribution in [0.1, 0.15) is 23.9 Å². The Hall–Kier alpha value is -2.19. The lowest BCUT2D eigenvalue weighted by molar-refractivity contribution is -0.145. The van der Waals surface area contributed by atoms with Gasteiger partial charge >= 0.3 is 6.18 Å². The Morgan fingerprint density at radius 1 is 1.24 bits per heavy atom. The largest absolute Gasteiger partial charge is 0.453 e. The molecular formula is C12H9F5N4. The van der Waals surface area contributed by atoms with Crippen LogP contribution in [0, 0.1) is 11.6 Å². The van der Waals surface area contributed by atoms with E-state index in [9.17, 15) is 22.0 Å². The van der Waals surface area contributed by atoms with Crippen LogP contribution in [-0.4, -0.2) is 21.3 Å². The fourth-order valence-corrected chi connectivity index (χ4v) is 2.28. The van der Waals surface area contributed by atoms with Gasteiger partial charge in [0, 0.05) is 18.2 Å². The van der Waals surface area contributed by atoms with E-state index in [1.54, 1.807) is 0 Å². The van der Waals surface area contributed by atoms with Gasteiger partial charge in [0.15, 0.2) is 0 Å². The lowest BCUT2D eigenvalue weighted by atomic mass is 10.0. The summed E-state index contributed by atoms with van der Waals surface area (Å²) in [6.07, 6.45) is -4.37. The molecule has 1 N–H and O–H groups in total. The number of benzene rings is 1. The van der Waals surface area contributed by atoms with Crippen molar-refractivity contribution in [2.75, 3.05) is 11.9 Å². The van der Waals surface area contributed by atoms with Gasteiger partial charge in [0.05, 0.1) is 6.04 Å². The lowest BCUT2D eigenvalue weighted by Gasteiger charge is -2.24. The summed E-state index contributed by atoms with van der Waals surface area (Å²) in [5, 5.41) is 6.08. The second-order valence-corrected chi connectivity index (χ2v) is 4.60. The van der Waals surface area contributed by atoms with E-state index in [1.807, 2.05) is 0 Å². The number of halogens is 5. The molecule has 0 spiro atoms. The molecule has 0 saturated carbocycles. The Morgan fingerprint density at radius 2 is 2.00 bits per heavy atom. The molecule has 9 heteroatoms. The Labute approximate surface area is 115 Å². The predicted molar refractivity (Wildman–Crippen MR) is 62.6 cm³/mol. The Balaban J connectivity index is 2.06. The summed E-state index contributed by atoms with van der Waals surface area (Å²) in [6.45, 7) is 0.317. The molecule has 3 rings (SSSR count). The first-order chi connectivity index (χ1) is 9.86. The number of rotatable bonds is 1. The van der Waals surface area contributed by atoms with Crippen LogP contribution < -0.4 is 5.32 Å². The second kappa shape index (κ2) is 4.68. The highest BCUT2D eigenvalue weighted by atomic mass is 19.4. The van der Waals surface area contributed by atoms with E-state index < -0.39 is 29.7 Å². The SMILES string of the molecule is Fc1ccc(C2CCNc3nc(C(F)(F)F)nn32)c(F)c1. The van der Waals surface area contributed by atoms with Gasteiger partial charge in [0.1, 0.15) is 11.6 Å². The highest BCUT2D eigenvalue weighted by Gasteiger charge is 2.39. The molecule has 0 fully saturated rings. The van der Waals surface area contributed by atoms with Gasteiger partial charge in [-0.1, -0.05) is 6.07 Å². The van der Waals surface area contributed by atoms with Crippen molar-refractivity contribution in [3.63, 3.8) is 0 Å². The maximum absolute atomic E-state index is 13.8. The van der Waals surface area contributed by atoms with Crippen molar-refractivity contribution in [2.45, 2.75) is 18.6 Å². The Kier molecular flexibility index (Phi) is 3.07. The molecule has 112 valence electrons. The fourth-order valence-electron chi connectivity index (χ4n) is 2.28. The normalized spacial score (nSPS) is 18.2. The first-order valence-corrected chi connectivity index (χ1v) is 6.09. The maximum atomic E-state index is 13.8. The van der Waals surface area contributed by atoms with E-state index in [-0.39, 0.29) is 11.5 Å². The summed E-state index contributed by atoms with van der Waals surface area (Å²) in [5.41, 5.74) is 0.0813. The molecule has 4 nitrogen and oxygen atoms in total. The zero-order valence-electron chi connectivity index (χ0n) is 10.5.